The van der Waals surface area contributed by atoms with Crippen molar-refractivity contribution < 1.29 is 4.39 Å². The van der Waals surface area contributed by atoms with Crippen LogP contribution >= 0.6 is 23.3 Å². The van der Waals surface area contributed by atoms with Crippen LogP contribution in [0.1, 0.15) is 0 Å². The molecule has 0 aliphatic heterocycles. The number of halogens is 2. The lowest BCUT2D eigenvalue weighted by Gasteiger charge is -2.07. The van der Waals surface area contributed by atoms with Crippen LogP contribution < -0.4 is 5.32 Å². The van der Waals surface area contributed by atoms with Gasteiger partial charge in [-0.1, -0.05) is 17.7 Å². The molecular weight excluding hydrogens is 275 g/mol. The minimum atomic E-state index is -0.556. The predicted octanol–water partition coefficient (Wildman–Crippen LogP) is 3.62. The second kappa shape index (κ2) is 4.47. The molecule has 1 N–H and O–H groups in total. The highest BCUT2D eigenvalue weighted by Gasteiger charge is 2.10. The SMILES string of the molecule is Fc1cccc(Nc2c(Cl)ccc3nsnc23)n1. The van der Waals surface area contributed by atoms with Gasteiger partial charge in [0.1, 0.15) is 16.9 Å². The molecule has 0 fully saturated rings. The lowest BCUT2D eigenvalue weighted by atomic mass is 10.2. The zero-order chi connectivity index (χ0) is 12.5. The fraction of sp³-hybridized carbons (Fsp3) is 0. The summed E-state index contributed by atoms with van der Waals surface area (Å²) in [5.41, 5.74) is 1.97. The number of anilines is 2. The van der Waals surface area contributed by atoms with Gasteiger partial charge in [-0.25, -0.2) is 4.98 Å². The molecule has 7 heteroatoms. The van der Waals surface area contributed by atoms with Crippen LogP contribution in [-0.2, 0) is 0 Å². The molecule has 0 amide bonds. The van der Waals surface area contributed by atoms with Crippen molar-refractivity contribution >= 4 is 45.9 Å². The van der Waals surface area contributed by atoms with Gasteiger partial charge in [0.05, 0.1) is 22.4 Å². The fourth-order valence-corrected chi connectivity index (χ4v) is 2.29. The van der Waals surface area contributed by atoms with Gasteiger partial charge in [-0.05, 0) is 24.3 Å². The van der Waals surface area contributed by atoms with Crippen molar-refractivity contribution in [3.05, 3.63) is 41.3 Å². The number of nitrogens with zero attached hydrogens (tertiary/aromatic N) is 3. The maximum atomic E-state index is 13.0. The molecule has 3 aromatic rings. The van der Waals surface area contributed by atoms with Crippen LogP contribution in [0, 0.1) is 5.95 Å². The van der Waals surface area contributed by atoms with Crippen molar-refractivity contribution in [3.8, 4) is 0 Å². The van der Waals surface area contributed by atoms with Gasteiger partial charge >= 0.3 is 0 Å². The number of benzene rings is 1. The summed E-state index contributed by atoms with van der Waals surface area (Å²) in [6, 6.07) is 7.99. The van der Waals surface area contributed by atoms with E-state index in [-0.39, 0.29) is 0 Å². The monoisotopic (exact) mass is 280 g/mol. The second-order valence-corrected chi connectivity index (χ2v) is 4.46. The van der Waals surface area contributed by atoms with Crippen molar-refractivity contribution in [3.63, 3.8) is 0 Å². The van der Waals surface area contributed by atoms with Crippen molar-refractivity contribution in [2.24, 2.45) is 0 Å². The van der Waals surface area contributed by atoms with Crippen LogP contribution in [-0.4, -0.2) is 13.7 Å². The molecule has 0 radical (unpaired) electrons. The Bertz CT molecular complexity index is 715. The summed E-state index contributed by atoms with van der Waals surface area (Å²) in [5.74, 6) is -0.183. The van der Waals surface area contributed by atoms with Gasteiger partial charge in [0.15, 0.2) is 0 Å². The quantitative estimate of drug-likeness (QED) is 0.729. The zero-order valence-electron chi connectivity index (χ0n) is 8.89. The number of rotatable bonds is 2. The molecule has 0 saturated carbocycles. The van der Waals surface area contributed by atoms with Crippen molar-refractivity contribution in [1.82, 2.24) is 13.7 Å². The van der Waals surface area contributed by atoms with Gasteiger partial charge in [0.2, 0.25) is 5.95 Å². The molecule has 0 atom stereocenters. The van der Waals surface area contributed by atoms with E-state index in [1.807, 2.05) is 0 Å². The molecule has 2 heterocycles. The topological polar surface area (TPSA) is 50.7 Å². The minimum Gasteiger partial charge on any atom is -0.337 e. The average molecular weight is 281 g/mol. The Hall–Kier alpha value is -1.79. The van der Waals surface area contributed by atoms with E-state index >= 15 is 0 Å². The van der Waals surface area contributed by atoms with E-state index in [1.165, 1.54) is 6.07 Å². The maximum Gasteiger partial charge on any atom is 0.214 e. The first-order chi connectivity index (χ1) is 8.74. The summed E-state index contributed by atoms with van der Waals surface area (Å²) < 4.78 is 21.3. The van der Waals surface area contributed by atoms with E-state index in [4.69, 9.17) is 11.6 Å². The average Bonchev–Trinajstić information content (AvgIpc) is 2.81. The summed E-state index contributed by atoms with van der Waals surface area (Å²) in [6.45, 7) is 0. The number of fused-ring (bicyclic) bond motifs is 1. The van der Waals surface area contributed by atoms with Crippen LogP contribution in [0.25, 0.3) is 11.0 Å². The van der Waals surface area contributed by atoms with E-state index in [1.54, 1.807) is 24.3 Å². The van der Waals surface area contributed by atoms with E-state index in [0.29, 0.717) is 22.0 Å². The highest BCUT2D eigenvalue weighted by molar-refractivity contribution is 7.00. The number of pyridine rings is 1. The first-order valence-electron chi connectivity index (χ1n) is 5.04. The van der Waals surface area contributed by atoms with Gasteiger partial charge in [-0.2, -0.15) is 13.1 Å². The third-order valence-corrected chi connectivity index (χ3v) is 3.20. The van der Waals surface area contributed by atoms with E-state index in [2.05, 4.69) is 19.0 Å². The molecule has 3 rings (SSSR count). The summed E-state index contributed by atoms with van der Waals surface area (Å²) in [6.07, 6.45) is 0. The minimum absolute atomic E-state index is 0.373. The number of aromatic nitrogens is 3. The summed E-state index contributed by atoms with van der Waals surface area (Å²) in [7, 11) is 0. The largest absolute Gasteiger partial charge is 0.337 e. The van der Waals surface area contributed by atoms with Crippen molar-refractivity contribution in [2.45, 2.75) is 0 Å². The van der Waals surface area contributed by atoms with Crippen LogP contribution in [0.2, 0.25) is 5.02 Å². The number of hydrogen-bond acceptors (Lipinski definition) is 5. The summed E-state index contributed by atoms with van der Waals surface area (Å²) >= 11 is 7.20. The Morgan fingerprint density at radius 3 is 2.89 bits per heavy atom. The molecular formula is C11H6ClFN4S. The van der Waals surface area contributed by atoms with E-state index < -0.39 is 5.95 Å². The third-order valence-electron chi connectivity index (χ3n) is 2.35. The second-order valence-electron chi connectivity index (χ2n) is 3.52. The summed E-state index contributed by atoms with van der Waals surface area (Å²) in [4.78, 5) is 3.72. The fourth-order valence-electron chi connectivity index (χ4n) is 1.55. The first kappa shape index (κ1) is 11.3. The molecule has 4 nitrogen and oxygen atoms in total. The van der Waals surface area contributed by atoms with E-state index in [9.17, 15) is 4.39 Å². The van der Waals surface area contributed by atoms with Gasteiger partial charge in [0, 0.05) is 0 Å². The molecule has 0 spiro atoms. The molecule has 0 unspecified atom stereocenters. The number of hydrogen-bond donors (Lipinski definition) is 1. The predicted molar refractivity (Wildman–Crippen MR) is 69.9 cm³/mol. The Morgan fingerprint density at radius 1 is 1.17 bits per heavy atom. The first-order valence-corrected chi connectivity index (χ1v) is 6.15. The normalized spacial score (nSPS) is 10.8. The van der Waals surface area contributed by atoms with Crippen LogP contribution in [0.3, 0.4) is 0 Å². The lowest BCUT2D eigenvalue weighted by molar-refractivity contribution is 0.585. The lowest BCUT2D eigenvalue weighted by Crippen LogP contribution is -1.96. The molecule has 18 heavy (non-hydrogen) atoms. The highest BCUT2D eigenvalue weighted by Crippen LogP contribution is 2.31. The smallest absolute Gasteiger partial charge is 0.214 e. The number of nitrogens with one attached hydrogen (secondary N) is 1. The maximum absolute atomic E-state index is 13.0. The Kier molecular flexibility index (Phi) is 2.81. The van der Waals surface area contributed by atoms with Crippen LogP contribution in [0.4, 0.5) is 15.9 Å². The molecule has 90 valence electrons. The molecule has 0 bridgehead atoms. The van der Waals surface area contributed by atoms with Gasteiger partial charge in [-0.3, -0.25) is 0 Å². The van der Waals surface area contributed by atoms with Crippen LogP contribution in [0.5, 0.6) is 0 Å². The van der Waals surface area contributed by atoms with Gasteiger partial charge in [-0.15, -0.1) is 0 Å². The standard InChI is InChI=1S/C11H6ClFN4S/c12-6-4-5-7-11(17-18-16-7)10(6)15-9-3-1-2-8(13)14-9/h1-5H,(H,14,15). The van der Waals surface area contributed by atoms with Crippen molar-refractivity contribution in [1.29, 1.82) is 0 Å². The zero-order valence-corrected chi connectivity index (χ0v) is 10.5. The molecule has 2 aromatic heterocycles. The third kappa shape index (κ3) is 2.00. The molecule has 1 aromatic carbocycles. The van der Waals surface area contributed by atoms with Crippen molar-refractivity contribution in [2.75, 3.05) is 5.32 Å². The Morgan fingerprint density at radius 2 is 2.06 bits per heavy atom. The highest BCUT2D eigenvalue weighted by atomic mass is 35.5. The van der Waals surface area contributed by atoms with Crippen LogP contribution in [0.15, 0.2) is 30.3 Å². The Balaban J connectivity index is 2.09. The Labute approximate surface area is 111 Å². The van der Waals surface area contributed by atoms with Gasteiger partial charge < -0.3 is 5.32 Å². The van der Waals surface area contributed by atoms with Gasteiger partial charge in [0.25, 0.3) is 0 Å². The van der Waals surface area contributed by atoms with E-state index in [0.717, 1.165) is 17.2 Å². The summed E-state index contributed by atoms with van der Waals surface area (Å²) in [5, 5.41) is 3.45. The molecule has 0 aliphatic carbocycles. The molecule has 0 aliphatic rings. The molecule has 0 saturated heterocycles.